The molecule has 0 atom stereocenters. The first-order chi connectivity index (χ1) is 6.70. The molecule has 0 aliphatic heterocycles. The van der Waals surface area contributed by atoms with Crippen molar-refractivity contribution in [2.75, 3.05) is 0 Å². The van der Waals surface area contributed by atoms with E-state index in [1.54, 1.807) is 0 Å². The number of benzene rings is 1. The topological polar surface area (TPSA) is 0 Å². The molecule has 0 saturated heterocycles. The zero-order valence-corrected chi connectivity index (χ0v) is 9.86. The van der Waals surface area contributed by atoms with Gasteiger partial charge in [0.1, 0.15) is 0 Å². The lowest BCUT2D eigenvalue weighted by atomic mass is 9.98. The highest BCUT2D eigenvalue weighted by Gasteiger charge is 2.06. The van der Waals surface area contributed by atoms with Gasteiger partial charge in [-0.1, -0.05) is 43.7 Å². The summed E-state index contributed by atoms with van der Waals surface area (Å²) in [6.45, 7) is 6.43. The molecule has 14 heavy (non-hydrogen) atoms. The van der Waals surface area contributed by atoms with E-state index in [0.29, 0.717) is 0 Å². The maximum Gasteiger partial charge on any atom is 0.0483 e. The second-order valence-electron chi connectivity index (χ2n) is 3.42. The van der Waals surface area contributed by atoms with Gasteiger partial charge >= 0.3 is 0 Å². The summed E-state index contributed by atoms with van der Waals surface area (Å²) < 4.78 is 0. The Morgan fingerprint density at radius 2 is 2.07 bits per heavy atom. The van der Waals surface area contributed by atoms with Crippen molar-refractivity contribution in [2.45, 2.75) is 33.6 Å². The standard InChI is InChI=1S/C13H17Cl/c1-4-7-10(3)13-11(5-2)8-6-9-12(13)14/h6-9H,4-5H2,1-3H3/b10-7+. The van der Waals surface area contributed by atoms with E-state index < -0.39 is 0 Å². The molecule has 1 aromatic rings. The zero-order valence-electron chi connectivity index (χ0n) is 9.10. The molecule has 0 radical (unpaired) electrons. The van der Waals surface area contributed by atoms with Gasteiger partial charge in [-0.3, -0.25) is 0 Å². The zero-order chi connectivity index (χ0) is 10.6. The maximum absolute atomic E-state index is 6.20. The Morgan fingerprint density at radius 3 is 2.64 bits per heavy atom. The minimum Gasteiger partial charge on any atom is -0.0837 e. The third-order valence-corrected chi connectivity index (χ3v) is 2.70. The number of rotatable bonds is 3. The lowest BCUT2D eigenvalue weighted by Crippen LogP contribution is -1.91. The van der Waals surface area contributed by atoms with Gasteiger partial charge in [-0.15, -0.1) is 0 Å². The van der Waals surface area contributed by atoms with Crippen molar-refractivity contribution in [3.63, 3.8) is 0 Å². The van der Waals surface area contributed by atoms with Crippen molar-refractivity contribution in [3.05, 3.63) is 40.4 Å². The fourth-order valence-corrected chi connectivity index (χ4v) is 2.06. The van der Waals surface area contributed by atoms with Gasteiger partial charge in [0.25, 0.3) is 0 Å². The van der Waals surface area contributed by atoms with Crippen molar-refractivity contribution < 1.29 is 0 Å². The smallest absolute Gasteiger partial charge is 0.0483 e. The lowest BCUT2D eigenvalue weighted by Gasteiger charge is -2.10. The SMILES string of the molecule is CC/C=C(\C)c1c(Cl)cccc1CC. The Kier molecular flexibility index (Phi) is 4.21. The molecule has 1 heteroatoms. The molecular formula is C13H17Cl. The van der Waals surface area contributed by atoms with Crippen LogP contribution in [0, 0.1) is 0 Å². The normalized spacial score (nSPS) is 11.9. The van der Waals surface area contributed by atoms with Crippen LogP contribution in [0.2, 0.25) is 5.02 Å². The van der Waals surface area contributed by atoms with Crippen LogP contribution in [-0.4, -0.2) is 0 Å². The van der Waals surface area contributed by atoms with Crippen molar-refractivity contribution in [2.24, 2.45) is 0 Å². The summed E-state index contributed by atoms with van der Waals surface area (Å²) in [5.74, 6) is 0. The van der Waals surface area contributed by atoms with Gasteiger partial charge in [0.2, 0.25) is 0 Å². The van der Waals surface area contributed by atoms with Gasteiger partial charge in [-0.2, -0.15) is 0 Å². The highest BCUT2D eigenvalue weighted by molar-refractivity contribution is 6.32. The first-order valence-electron chi connectivity index (χ1n) is 5.15. The Bertz CT molecular complexity index is 337. The number of aryl methyl sites for hydroxylation is 1. The predicted octanol–water partition coefficient (Wildman–Crippen LogP) is 4.72. The second-order valence-corrected chi connectivity index (χ2v) is 3.83. The van der Waals surface area contributed by atoms with Crippen LogP contribution in [0.15, 0.2) is 24.3 Å². The molecule has 0 N–H and O–H groups in total. The Balaban J connectivity index is 3.23. The molecule has 0 spiro atoms. The van der Waals surface area contributed by atoms with Crippen LogP contribution >= 0.6 is 11.6 Å². The summed E-state index contributed by atoms with van der Waals surface area (Å²) in [5.41, 5.74) is 3.84. The summed E-state index contributed by atoms with van der Waals surface area (Å²) in [6.07, 6.45) is 4.31. The van der Waals surface area contributed by atoms with Crippen LogP contribution < -0.4 is 0 Å². The van der Waals surface area contributed by atoms with Crippen molar-refractivity contribution in [1.29, 1.82) is 0 Å². The molecule has 0 saturated carbocycles. The average Bonchev–Trinajstić information content (AvgIpc) is 2.17. The van der Waals surface area contributed by atoms with Crippen LogP contribution in [0.3, 0.4) is 0 Å². The van der Waals surface area contributed by atoms with Gasteiger partial charge < -0.3 is 0 Å². The Morgan fingerprint density at radius 1 is 1.36 bits per heavy atom. The molecule has 0 fully saturated rings. The van der Waals surface area contributed by atoms with E-state index in [1.165, 1.54) is 16.7 Å². The second kappa shape index (κ2) is 5.21. The largest absolute Gasteiger partial charge is 0.0837 e. The van der Waals surface area contributed by atoms with Crippen LogP contribution in [0.25, 0.3) is 5.57 Å². The molecule has 1 rings (SSSR count). The first kappa shape index (κ1) is 11.3. The fourth-order valence-electron chi connectivity index (χ4n) is 1.71. The molecule has 0 aliphatic rings. The maximum atomic E-state index is 6.20. The van der Waals surface area contributed by atoms with E-state index in [4.69, 9.17) is 11.6 Å². The molecule has 0 nitrogen and oxygen atoms in total. The highest BCUT2D eigenvalue weighted by Crippen LogP contribution is 2.27. The molecular weight excluding hydrogens is 192 g/mol. The summed E-state index contributed by atoms with van der Waals surface area (Å²) in [7, 11) is 0. The third-order valence-electron chi connectivity index (χ3n) is 2.39. The quantitative estimate of drug-likeness (QED) is 0.675. The number of allylic oxidation sites excluding steroid dienone is 2. The average molecular weight is 209 g/mol. The monoisotopic (exact) mass is 208 g/mol. The van der Waals surface area contributed by atoms with E-state index in [9.17, 15) is 0 Å². The molecule has 0 aliphatic carbocycles. The van der Waals surface area contributed by atoms with E-state index in [-0.39, 0.29) is 0 Å². The summed E-state index contributed by atoms with van der Waals surface area (Å²) in [4.78, 5) is 0. The highest BCUT2D eigenvalue weighted by atomic mass is 35.5. The molecule has 0 aromatic heterocycles. The lowest BCUT2D eigenvalue weighted by molar-refractivity contribution is 1.12. The van der Waals surface area contributed by atoms with E-state index in [2.05, 4.69) is 32.9 Å². The van der Waals surface area contributed by atoms with E-state index in [1.807, 2.05) is 12.1 Å². The molecule has 0 unspecified atom stereocenters. The van der Waals surface area contributed by atoms with Crippen LogP contribution in [0.5, 0.6) is 0 Å². The molecule has 0 bridgehead atoms. The first-order valence-corrected chi connectivity index (χ1v) is 5.53. The Hall–Kier alpha value is -0.750. The minimum absolute atomic E-state index is 0.867. The van der Waals surface area contributed by atoms with Crippen LogP contribution in [-0.2, 0) is 6.42 Å². The molecule has 76 valence electrons. The van der Waals surface area contributed by atoms with Gasteiger partial charge in [-0.05, 0) is 42.5 Å². The van der Waals surface area contributed by atoms with Crippen molar-refractivity contribution >= 4 is 17.2 Å². The van der Waals surface area contributed by atoms with Crippen molar-refractivity contribution in [3.8, 4) is 0 Å². The van der Waals surface area contributed by atoms with Gasteiger partial charge in [0, 0.05) is 5.02 Å². The number of hydrogen-bond donors (Lipinski definition) is 0. The Labute approximate surface area is 91.6 Å². The summed E-state index contributed by atoms with van der Waals surface area (Å²) in [6, 6.07) is 6.13. The summed E-state index contributed by atoms with van der Waals surface area (Å²) >= 11 is 6.20. The summed E-state index contributed by atoms with van der Waals surface area (Å²) in [5, 5.41) is 0.867. The van der Waals surface area contributed by atoms with Crippen molar-refractivity contribution in [1.82, 2.24) is 0 Å². The number of hydrogen-bond acceptors (Lipinski definition) is 0. The van der Waals surface area contributed by atoms with Crippen LogP contribution in [0.4, 0.5) is 0 Å². The van der Waals surface area contributed by atoms with E-state index in [0.717, 1.165) is 17.9 Å². The molecule has 0 amide bonds. The van der Waals surface area contributed by atoms with Gasteiger partial charge in [-0.25, -0.2) is 0 Å². The fraction of sp³-hybridized carbons (Fsp3) is 0.385. The molecule has 0 heterocycles. The minimum atomic E-state index is 0.867. The third kappa shape index (κ3) is 2.39. The van der Waals surface area contributed by atoms with E-state index >= 15 is 0 Å². The number of halogens is 1. The molecule has 1 aromatic carbocycles. The van der Waals surface area contributed by atoms with Gasteiger partial charge in [0.05, 0.1) is 0 Å². The van der Waals surface area contributed by atoms with Crippen LogP contribution in [0.1, 0.15) is 38.3 Å². The predicted molar refractivity (Wildman–Crippen MR) is 64.8 cm³/mol. The van der Waals surface area contributed by atoms with Gasteiger partial charge in [0.15, 0.2) is 0 Å².